The molecule has 0 aliphatic carbocycles. The second-order valence-electron chi connectivity index (χ2n) is 4.71. The van der Waals surface area contributed by atoms with E-state index in [-0.39, 0.29) is 11.4 Å². The fourth-order valence-corrected chi connectivity index (χ4v) is 2.12. The van der Waals surface area contributed by atoms with E-state index in [1.165, 1.54) is 12.1 Å². The van der Waals surface area contributed by atoms with E-state index in [1.807, 2.05) is 0 Å². The summed E-state index contributed by atoms with van der Waals surface area (Å²) in [6.07, 6.45) is 0. The minimum absolute atomic E-state index is 0.172. The van der Waals surface area contributed by atoms with Gasteiger partial charge in [-0.3, -0.25) is 0 Å². The van der Waals surface area contributed by atoms with E-state index in [2.05, 4.69) is 0 Å². The lowest BCUT2D eigenvalue weighted by atomic mass is 9.95. The molecular weight excluding hydrogens is 270 g/mol. The minimum Gasteiger partial charge on any atom is -0.320 e. The standard InChI is InChI=1S/C15H13F4N/c1-7-5-9(6-8(2)12(7)17)15(20)10-3-4-11(16)14(19)13(10)18/h3-6,15H,20H2,1-2H3. The molecule has 1 unspecified atom stereocenters. The zero-order valence-corrected chi connectivity index (χ0v) is 11.0. The van der Waals surface area contributed by atoms with Gasteiger partial charge >= 0.3 is 0 Å². The quantitative estimate of drug-likeness (QED) is 0.656. The van der Waals surface area contributed by atoms with Crippen LogP contribution < -0.4 is 5.73 Å². The molecule has 0 saturated carbocycles. The maximum atomic E-state index is 13.7. The lowest BCUT2D eigenvalue weighted by molar-refractivity contribution is 0.438. The molecule has 106 valence electrons. The van der Waals surface area contributed by atoms with Crippen molar-refractivity contribution in [2.45, 2.75) is 19.9 Å². The Kier molecular flexibility index (Phi) is 3.81. The molecule has 0 aliphatic heterocycles. The van der Waals surface area contributed by atoms with Gasteiger partial charge in [0.15, 0.2) is 17.5 Å². The maximum Gasteiger partial charge on any atom is 0.194 e. The Balaban J connectivity index is 2.52. The monoisotopic (exact) mass is 283 g/mol. The van der Waals surface area contributed by atoms with Crippen LogP contribution in [0.2, 0.25) is 0 Å². The van der Waals surface area contributed by atoms with Gasteiger partial charge in [-0.05, 0) is 36.6 Å². The summed E-state index contributed by atoms with van der Waals surface area (Å²) in [5, 5.41) is 0. The van der Waals surface area contributed by atoms with Crippen molar-refractivity contribution in [1.82, 2.24) is 0 Å². The first-order chi connectivity index (χ1) is 9.32. The molecule has 1 atom stereocenters. The van der Waals surface area contributed by atoms with Crippen LogP contribution in [0, 0.1) is 37.1 Å². The van der Waals surface area contributed by atoms with Crippen molar-refractivity contribution in [2.24, 2.45) is 5.73 Å². The van der Waals surface area contributed by atoms with Crippen molar-refractivity contribution in [3.8, 4) is 0 Å². The first kappa shape index (κ1) is 14.5. The Morgan fingerprint density at radius 2 is 1.40 bits per heavy atom. The molecule has 0 saturated heterocycles. The second kappa shape index (κ2) is 5.25. The second-order valence-corrected chi connectivity index (χ2v) is 4.71. The van der Waals surface area contributed by atoms with Crippen LogP contribution in [0.3, 0.4) is 0 Å². The molecule has 0 amide bonds. The van der Waals surface area contributed by atoms with Crippen molar-refractivity contribution < 1.29 is 17.6 Å². The number of nitrogens with two attached hydrogens (primary N) is 1. The summed E-state index contributed by atoms with van der Waals surface area (Å²) >= 11 is 0. The molecule has 5 heteroatoms. The predicted octanol–water partition coefficient (Wildman–Crippen LogP) is 3.91. The smallest absolute Gasteiger partial charge is 0.194 e. The summed E-state index contributed by atoms with van der Waals surface area (Å²) in [5.41, 5.74) is 6.86. The fourth-order valence-electron chi connectivity index (χ4n) is 2.12. The molecule has 20 heavy (non-hydrogen) atoms. The molecule has 0 bridgehead atoms. The van der Waals surface area contributed by atoms with Crippen molar-refractivity contribution in [3.63, 3.8) is 0 Å². The zero-order chi connectivity index (χ0) is 15.0. The molecule has 0 fully saturated rings. The molecule has 0 heterocycles. The van der Waals surface area contributed by atoms with Gasteiger partial charge in [-0.2, -0.15) is 0 Å². The Hall–Kier alpha value is -1.88. The van der Waals surface area contributed by atoms with E-state index in [0.29, 0.717) is 16.7 Å². The van der Waals surface area contributed by atoms with E-state index in [1.54, 1.807) is 13.8 Å². The lowest BCUT2D eigenvalue weighted by Crippen LogP contribution is -2.15. The van der Waals surface area contributed by atoms with Gasteiger partial charge in [0.2, 0.25) is 0 Å². The zero-order valence-electron chi connectivity index (χ0n) is 11.0. The lowest BCUT2D eigenvalue weighted by Gasteiger charge is -2.16. The number of rotatable bonds is 2. The molecule has 0 spiro atoms. The Morgan fingerprint density at radius 1 is 0.850 bits per heavy atom. The van der Waals surface area contributed by atoms with Crippen LogP contribution in [0.4, 0.5) is 17.6 Å². The van der Waals surface area contributed by atoms with Crippen molar-refractivity contribution in [2.75, 3.05) is 0 Å². The number of hydrogen-bond donors (Lipinski definition) is 1. The van der Waals surface area contributed by atoms with Gasteiger partial charge in [0.05, 0.1) is 6.04 Å². The highest BCUT2D eigenvalue weighted by molar-refractivity contribution is 5.38. The van der Waals surface area contributed by atoms with Gasteiger partial charge in [0, 0.05) is 5.56 Å². The minimum atomic E-state index is -1.56. The van der Waals surface area contributed by atoms with Crippen LogP contribution >= 0.6 is 0 Å². The molecule has 2 rings (SSSR count). The van der Waals surface area contributed by atoms with Gasteiger partial charge in [-0.15, -0.1) is 0 Å². The SMILES string of the molecule is Cc1cc(C(N)c2ccc(F)c(F)c2F)cc(C)c1F. The van der Waals surface area contributed by atoms with E-state index >= 15 is 0 Å². The fraction of sp³-hybridized carbons (Fsp3) is 0.200. The Morgan fingerprint density at radius 3 is 1.95 bits per heavy atom. The van der Waals surface area contributed by atoms with E-state index in [4.69, 9.17) is 5.73 Å². The topological polar surface area (TPSA) is 26.0 Å². The summed E-state index contributed by atoms with van der Waals surface area (Å²) in [6, 6.07) is 3.84. The third-order valence-corrected chi connectivity index (χ3v) is 3.22. The summed E-state index contributed by atoms with van der Waals surface area (Å²) in [5.74, 6) is -4.53. The average molecular weight is 283 g/mol. The van der Waals surface area contributed by atoms with Crippen molar-refractivity contribution >= 4 is 0 Å². The van der Waals surface area contributed by atoms with Gasteiger partial charge in [0.1, 0.15) is 5.82 Å². The van der Waals surface area contributed by atoms with E-state index in [9.17, 15) is 17.6 Å². The molecule has 1 nitrogen and oxygen atoms in total. The van der Waals surface area contributed by atoms with Gasteiger partial charge < -0.3 is 5.73 Å². The Bertz CT molecular complexity index is 644. The number of aryl methyl sites for hydroxylation is 2. The molecule has 2 aromatic carbocycles. The number of halogens is 4. The molecule has 0 radical (unpaired) electrons. The van der Waals surface area contributed by atoms with E-state index in [0.717, 1.165) is 12.1 Å². The van der Waals surface area contributed by atoms with Crippen LogP contribution in [0.1, 0.15) is 28.3 Å². The highest BCUT2D eigenvalue weighted by Crippen LogP contribution is 2.27. The number of hydrogen-bond acceptors (Lipinski definition) is 1. The molecule has 2 N–H and O–H groups in total. The molecular formula is C15H13F4N. The van der Waals surface area contributed by atoms with Crippen LogP contribution in [-0.4, -0.2) is 0 Å². The summed E-state index contributed by atoms with van der Waals surface area (Å²) in [4.78, 5) is 0. The van der Waals surface area contributed by atoms with Crippen LogP contribution in [0.5, 0.6) is 0 Å². The largest absolute Gasteiger partial charge is 0.320 e. The third kappa shape index (κ3) is 2.41. The van der Waals surface area contributed by atoms with Crippen LogP contribution in [0.25, 0.3) is 0 Å². The summed E-state index contributed by atoms with van der Waals surface area (Å²) in [7, 11) is 0. The first-order valence-corrected chi connectivity index (χ1v) is 5.98. The van der Waals surface area contributed by atoms with Crippen molar-refractivity contribution in [3.05, 3.63) is 69.8 Å². The third-order valence-electron chi connectivity index (χ3n) is 3.22. The molecule has 0 aliphatic rings. The van der Waals surface area contributed by atoms with Crippen LogP contribution in [0.15, 0.2) is 24.3 Å². The first-order valence-electron chi connectivity index (χ1n) is 5.98. The highest BCUT2D eigenvalue weighted by atomic mass is 19.2. The van der Waals surface area contributed by atoms with Gasteiger partial charge in [-0.1, -0.05) is 18.2 Å². The van der Waals surface area contributed by atoms with Gasteiger partial charge in [-0.25, -0.2) is 17.6 Å². The molecule has 0 aromatic heterocycles. The Labute approximate surface area is 114 Å². The average Bonchev–Trinajstić information content (AvgIpc) is 2.41. The van der Waals surface area contributed by atoms with E-state index < -0.39 is 23.5 Å². The maximum absolute atomic E-state index is 13.7. The number of benzene rings is 2. The summed E-state index contributed by atoms with van der Waals surface area (Å²) in [6.45, 7) is 3.11. The van der Waals surface area contributed by atoms with Gasteiger partial charge in [0.25, 0.3) is 0 Å². The summed E-state index contributed by atoms with van der Waals surface area (Å²) < 4.78 is 53.4. The molecule has 2 aromatic rings. The van der Waals surface area contributed by atoms with Crippen molar-refractivity contribution in [1.29, 1.82) is 0 Å². The highest BCUT2D eigenvalue weighted by Gasteiger charge is 2.20. The predicted molar refractivity (Wildman–Crippen MR) is 68.2 cm³/mol. The van der Waals surface area contributed by atoms with Crippen LogP contribution in [-0.2, 0) is 0 Å². The normalized spacial score (nSPS) is 12.6.